The van der Waals surface area contributed by atoms with Crippen molar-refractivity contribution in [3.8, 4) is 0 Å². The lowest BCUT2D eigenvalue weighted by Gasteiger charge is -2.07. The van der Waals surface area contributed by atoms with E-state index < -0.39 is 0 Å². The van der Waals surface area contributed by atoms with Crippen molar-refractivity contribution in [1.29, 1.82) is 0 Å². The number of carbonyl (C=O) groups excluding carboxylic acids is 1. The Morgan fingerprint density at radius 1 is 1.89 bits per heavy atom. The topological polar surface area (TPSA) is 52.9 Å². The Labute approximate surface area is 53.8 Å². The van der Waals surface area contributed by atoms with Crippen molar-refractivity contribution in [2.75, 3.05) is 13.6 Å². The minimum absolute atomic E-state index is 0.0393. The zero-order chi connectivity index (χ0) is 7.28. The summed E-state index contributed by atoms with van der Waals surface area (Å²) < 4.78 is 0. The molecular formula is C5H10N2O2. The van der Waals surface area contributed by atoms with Crippen LogP contribution in [0.1, 0.15) is 6.92 Å². The van der Waals surface area contributed by atoms with Gasteiger partial charge in [-0.05, 0) is 6.92 Å². The summed E-state index contributed by atoms with van der Waals surface area (Å²) in [5.41, 5.74) is 0. The molecule has 0 aromatic carbocycles. The standard InChI is InChI=1S/C5H10N2O2/c1-5(8)3-7(2)4-6-9/h4,9H,3H2,1-2H3. The van der Waals surface area contributed by atoms with E-state index in [1.165, 1.54) is 18.2 Å². The molecule has 0 rings (SSSR count). The maximum absolute atomic E-state index is 10.3. The highest BCUT2D eigenvalue weighted by molar-refractivity contribution is 5.79. The van der Waals surface area contributed by atoms with Gasteiger partial charge in [-0.25, -0.2) is 0 Å². The van der Waals surface area contributed by atoms with Gasteiger partial charge < -0.3 is 10.1 Å². The second-order valence-electron chi connectivity index (χ2n) is 1.85. The van der Waals surface area contributed by atoms with Gasteiger partial charge in [-0.1, -0.05) is 5.16 Å². The Morgan fingerprint density at radius 2 is 2.44 bits per heavy atom. The van der Waals surface area contributed by atoms with Gasteiger partial charge in [0.1, 0.15) is 12.1 Å². The van der Waals surface area contributed by atoms with Crippen molar-refractivity contribution in [2.24, 2.45) is 5.16 Å². The summed E-state index contributed by atoms with van der Waals surface area (Å²) in [6.45, 7) is 1.76. The van der Waals surface area contributed by atoms with E-state index >= 15 is 0 Å². The average Bonchev–Trinajstić information content (AvgIpc) is 1.63. The maximum atomic E-state index is 10.3. The number of hydrogen-bond donors (Lipinski definition) is 1. The van der Waals surface area contributed by atoms with Crippen LogP contribution in [0.25, 0.3) is 0 Å². The molecule has 0 bridgehead atoms. The van der Waals surface area contributed by atoms with E-state index in [1.807, 2.05) is 0 Å². The van der Waals surface area contributed by atoms with E-state index in [4.69, 9.17) is 5.21 Å². The minimum atomic E-state index is 0.0393. The van der Waals surface area contributed by atoms with Crippen LogP contribution in [0.15, 0.2) is 5.16 Å². The quantitative estimate of drug-likeness (QED) is 0.252. The molecule has 0 aliphatic carbocycles. The SMILES string of the molecule is CC(=O)CN(C)C=NO. The second kappa shape index (κ2) is 3.88. The Balaban J connectivity index is 3.50. The van der Waals surface area contributed by atoms with E-state index in [2.05, 4.69) is 5.16 Å². The summed E-state index contributed by atoms with van der Waals surface area (Å²) in [4.78, 5) is 11.8. The number of likely N-dealkylation sites (N-methyl/N-ethyl adjacent to an activating group) is 1. The highest BCUT2D eigenvalue weighted by Crippen LogP contribution is 1.76. The summed E-state index contributed by atoms with van der Waals surface area (Å²) in [5, 5.41) is 10.7. The van der Waals surface area contributed by atoms with E-state index in [1.54, 1.807) is 7.05 Å². The molecular weight excluding hydrogens is 120 g/mol. The zero-order valence-electron chi connectivity index (χ0n) is 5.53. The first-order valence-electron chi connectivity index (χ1n) is 2.54. The van der Waals surface area contributed by atoms with E-state index in [0.717, 1.165) is 0 Å². The molecule has 0 radical (unpaired) electrons. The van der Waals surface area contributed by atoms with Gasteiger partial charge in [0.2, 0.25) is 0 Å². The van der Waals surface area contributed by atoms with Crippen LogP contribution < -0.4 is 0 Å². The van der Waals surface area contributed by atoms with Crippen molar-refractivity contribution in [1.82, 2.24) is 4.90 Å². The molecule has 0 aromatic rings. The van der Waals surface area contributed by atoms with E-state index in [9.17, 15) is 4.79 Å². The molecule has 4 heteroatoms. The van der Waals surface area contributed by atoms with Gasteiger partial charge >= 0.3 is 0 Å². The third kappa shape index (κ3) is 4.80. The Morgan fingerprint density at radius 3 is 2.78 bits per heavy atom. The number of ketones is 1. The molecule has 0 heterocycles. The molecule has 0 saturated carbocycles. The van der Waals surface area contributed by atoms with E-state index in [-0.39, 0.29) is 12.3 Å². The number of hydrogen-bond acceptors (Lipinski definition) is 3. The van der Waals surface area contributed by atoms with Crippen LogP contribution in [0.2, 0.25) is 0 Å². The summed E-state index contributed by atoms with van der Waals surface area (Å²) in [7, 11) is 1.65. The highest BCUT2D eigenvalue weighted by Gasteiger charge is 1.94. The molecule has 0 fully saturated rings. The van der Waals surface area contributed by atoms with Crippen LogP contribution in [0.5, 0.6) is 0 Å². The van der Waals surface area contributed by atoms with Crippen LogP contribution in [-0.4, -0.2) is 35.8 Å². The minimum Gasteiger partial charge on any atom is -0.410 e. The summed E-state index contributed by atoms with van der Waals surface area (Å²) in [6.07, 6.45) is 1.18. The predicted octanol–water partition coefficient (Wildman–Crippen LogP) is -0.0753. The van der Waals surface area contributed by atoms with Gasteiger partial charge in [-0.2, -0.15) is 0 Å². The molecule has 0 aromatic heterocycles. The lowest BCUT2D eigenvalue weighted by atomic mass is 10.4. The van der Waals surface area contributed by atoms with Crippen molar-refractivity contribution in [3.63, 3.8) is 0 Å². The third-order valence-electron chi connectivity index (χ3n) is 0.721. The van der Waals surface area contributed by atoms with Crippen LogP contribution in [0.4, 0.5) is 0 Å². The number of Topliss-reactive ketones (excluding diaryl/α,β-unsaturated/α-hetero) is 1. The fraction of sp³-hybridized carbons (Fsp3) is 0.600. The molecule has 9 heavy (non-hydrogen) atoms. The smallest absolute Gasteiger partial charge is 0.149 e. The number of oxime groups is 1. The highest BCUT2D eigenvalue weighted by atomic mass is 16.4. The lowest BCUT2D eigenvalue weighted by molar-refractivity contribution is -0.117. The van der Waals surface area contributed by atoms with Gasteiger partial charge in [-0.15, -0.1) is 0 Å². The second-order valence-corrected chi connectivity index (χ2v) is 1.85. The monoisotopic (exact) mass is 130 g/mol. The molecule has 4 nitrogen and oxygen atoms in total. The van der Waals surface area contributed by atoms with Crippen LogP contribution >= 0.6 is 0 Å². The third-order valence-corrected chi connectivity index (χ3v) is 0.721. The molecule has 0 atom stereocenters. The number of nitrogens with zero attached hydrogens (tertiary/aromatic N) is 2. The summed E-state index contributed by atoms with van der Waals surface area (Å²) in [6, 6.07) is 0. The Bertz CT molecular complexity index is 122. The first kappa shape index (κ1) is 7.94. The van der Waals surface area contributed by atoms with Gasteiger partial charge in [0, 0.05) is 7.05 Å². The molecule has 0 aliphatic rings. The first-order chi connectivity index (χ1) is 4.16. The normalized spacial score (nSPS) is 10.0. The molecule has 0 spiro atoms. The number of carbonyl (C=O) groups is 1. The van der Waals surface area contributed by atoms with Gasteiger partial charge in [0.05, 0.1) is 6.54 Å². The molecule has 52 valence electrons. The fourth-order valence-corrected chi connectivity index (χ4v) is 0.480. The molecule has 1 N–H and O–H groups in total. The van der Waals surface area contributed by atoms with Crippen LogP contribution in [0.3, 0.4) is 0 Å². The molecule has 0 amide bonds. The first-order valence-corrected chi connectivity index (χ1v) is 2.54. The average molecular weight is 130 g/mol. The predicted molar refractivity (Wildman–Crippen MR) is 33.6 cm³/mol. The Hall–Kier alpha value is -1.06. The maximum Gasteiger partial charge on any atom is 0.149 e. The van der Waals surface area contributed by atoms with Crippen molar-refractivity contribution < 1.29 is 10.0 Å². The van der Waals surface area contributed by atoms with Gasteiger partial charge in [-0.3, -0.25) is 4.79 Å². The largest absolute Gasteiger partial charge is 0.410 e. The van der Waals surface area contributed by atoms with Crippen molar-refractivity contribution in [3.05, 3.63) is 0 Å². The number of rotatable bonds is 3. The summed E-state index contributed by atoms with van der Waals surface area (Å²) in [5.74, 6) is 0.0393. The van der Waals surface area contributed by atoms with Crippen LogP contribution in [-0.2, 0) is 4.79 Å². The molecule has 0 saturated heterocycles. The fourth-order valence-electron chi connectivity index (χ4n) is 0.480. The Kier molecular flexibility index (Phi) is 3.43. The zero-order valence-corrected chi connectivity index (χ0v) is 5.53. The lowest BCUT2D eigenvalue weighted by Crippen LogP contribution is -2.22. The van der Waals surface area contributed by atoms with Crippen LogP contribution in [0, 0.1) is 0 Å². The van der Waals surface area contributed by atoms with E-state index in [0.29, 0.717) is 0 Å². The molecule has 0 aliphatic heterocycles. The van der Waals surface area contributed by atoms with Crippen molar-refractivity contribution >= 4 is 12.1 Å². The summed E-state index contributed by atoms with van der Waals surface area (Å²) >= 11 is 0. The van der Waals surface area contributed by atoms with Gasteiger partial charge in [0.25, 0.3) is 0 Å². The van der Waals surface area contributed by atoms with Gasteiger partial charge in [0.15, 0.2) is 0 Å². The van der Waals surface area contributed by atoms with Crippen molar-refractivity contribution in [2.45, 2.75) is 6.92 Å². The molecule has 0 unspecified atom stereocenters.